The minimum atomic E-state index is -0.541. The molecule has 0 heterocycles. The van der Waals surface area contributed by atoms with E-state index in [0.29, 0.717) is 0 Å². The molecule has 0 aliphatic heterocycles. The van der Waals surface area contributed by atoms with Gasteiger partial charge in [-0.2, -0.15) is 0 Å². The van der Waals surface area contributed by atoms with E-state index < -0.39 is 6.04 Å². The van der Waals surface area contributed by atoms with Crippen molar-refractivity contribution in [2.75, 3.05) is 0 Å². The van der Waals surface area contributed by atoms with Crippen molar-refractivity contribution >= 4 is 5.97 Å². The Bertz CT molecular complexity index is 221. The molecule has 3 heteroatoms. The van der Waals surface area contributed by atoms with E-state index in [9.17, 15) is 4.79 Å². The number of rotatable bonds is 7. The van der Waals surface area contributed by atoms with E-state index in [4.69, 9.17) is 10.5 Å². The fourth-order valence-electron chi connectivity index (χ4n) is 1.54. The Balaban J connectivity index is 3.88. The summed E-state index contributed by atoms with van der Waals surface area (Å²) in [5, 5.41) is 0. The number of nitrogens with two attached hydrogens (primary N) is 1. The van der Waals surface area contributed by atoms with Crippen LogP contribution < -0.4 is 5.73 Å². The molecule has 0 saturated heterocycles. The molecular weight excluding hydrogens is 214 g/mol. The lowest BCUT2D eigenvalue weighted by Gasteiger charge is -2.26. The molecular formula is C14H29NO2. The van der Waals surface area contributed by atoms with E-state index in [-0.39, 0.29) is 17.5 Å². The molecule has 0 aromatic heterocycles. The Morgan fingerprint density at radius 2 is 1.82 bits per heavy atom. The standard InChI is InChI=1S/C14H29NO2/c1-6-7-8-9-10-11(2)17-13(16)12(15)14(3,4)5/h11-12H,6-10,15H2,1-5H3/t11?,12-/m1/s1. The first kappa shape index (κ1) is 16.4. The molecule has 1 unspecified atom stereocenters. The first-order chi connectivity index (χ1) is 7.79. The van der Waals surface area contributed by atoms with Gasteiger partial charge in [-0.15, -0.1) is 0 Å². The van der Waals surface area contributed by atoms with Crippen molar-refractivity contribution in [1.82, 2.24) is 0 Å². The number of carbonyl (C=O) groups excluding carboxylic acids is 1. The minimum Gasteiger partial charge on any atom is -0.462 e. The van der Waals surface area contributed by atoms with Crippen LogP contribution in [0.1, 0.15) is 66.7 Å². The second-order valence-electron chi connectivity index (χ2n) is 5.94. The highest BCUT2D eigenvalue weighted by Crippen LogP contribution is 2.19. The molecule has 0 fully saturated rings. The van der Waals surface area contributed by atoms with Gasteiger partial charge < -0.3 is 10.5 Å². The molecule has 17 heavy (non-hydrogen) atoms. The third-order valence-electron chi connectivity index (χ3n) is 2.97. The van der Waals surface area contributed by atoms with Crippen LogP contribution >= 0.6 is 0 Å². The number of unbranched alkanes of at least 4 members (excludes halogenated alkanes) is 3. The van der Waals surface area contributed by atoms with Gasteiger partial charge in [0.15, 0.2) is 0 Å². The van der Waals surface area contributed by atoms with Gasteiger partial charge in [-0.3, -0.25) is 4.79 Å². The van der Waals surface area contributed by atoms with Crippen molar-refractivity contribution < 1.29 is 9.53 Å². The van der Waals surface area contributed by atoms with Gasteiger partial charge in [0.1, 0.15) is 6.04 Å². The second-order valence-corrected chi connectivity index (χ2v) is 5.94. The van der Waals surface area contributed by atoms with Crippen LogP contribution in [0.3, 0.4) is 0 Å². The Labute approximate surface area is 106 Å². The summed E-state index contributed by atoms with van der Waals surface area (Å²) in [6.07, 6.45) is 5.72. The quantitative estimate of drug-likeness (QED) is 0.551. The zero-order chi connectivity index (χ0) is 13.5. The lowest BCUT2D eigenvalue weighted by Crippen LogP contribution is -2.44. The van der Waals surface area contributed by atoms with Crippen LogP contribution in [0.5, 0.6) is 0 Å². The zero-order valence-corrected chi connectivity index (χ0v) is 12.1. The third kappa shape index (κ3) is 7.37. The van der Waals surface area contributed by atoms with Gasteiger partial charge in [0, 0.05) is 0 Å². The molecule has 0 aromatic carbocycles. The van der Waals surface area contributed by atoms with Crippen LogP contribution in [0.2, 0.25) is 0 Å². The predicted octanol–water partition coefficient (Wildman–Crippen LogP) is 3.26. The van der Waals surface area contributed by atoms with Crippen LogP contribution in [0.25, 0.3) is 0 Å². The molecule has 3 nitrogen and oxygen atoms in total. The molecule has 2 atom stereocenters. The summed E-state index contributed by atoms with van der Waals surface area (Å²) in [7, 11) is 0. The summed E-state index contributed by atoms with van der Waals surface area (Å²) in [5.41, 5.74) is 5.61. The Hall–Kier alpha value is -0.570. The van der Waals surface area contributed by atoms with E-state index in [0.717, 1.165) is 12.8 Å². The lowest BCUT2D eigenvalue weighted by atomic mass is 9.87. The van der Waals surface area contributed by atoms with E-state index in [2.05, 4.69) is 6.92 Å². The number of hydrogen-bond donors (Lipinski definition) is 1. The van der Waals surface area contributed by atoms with Crippen LogP contribution in [0.4, 0.5) is 0 Å². The topological polar surface area (TPSA) is 52.3 Å². The van der Waals surface area contributed by atoms with Crippen molar-refractivity contribution in [3.05, 3.63) is 0 Å². The van der Waals surface area contributed by atoms with E-state index in [1.54, 1.807) is 0 Å². The van der Waals surface area contributed by atoms with Crippen molar-refractivity contribution in [2.45, 2.75) is 78.9 Å². The predicted molar refractivity (Wildman–Crippen MR) is 71.7 cm³/mol. The first-order valence-electron chi connectivity index (χ1n) is 6.75. The number of hydrogen-bond acceptors (Lipinski definition) is 3. The molecule has 0 aliphatic carbocycles. The monoisotopic (exact) mass is 243 g/mol. The van der Waals surface area contributed by atoms with Crippen LogP contribution in [0.15, 0.2) is 0 Å². The van der Waals surface area contributed by atoms with Gasteiger partial charge in [-0.25, -0.2) is 0 Å². The highest BCUT2D eigenvalue weighted by molar-refractivity contribution is 5.76. The van der Waals surface area contributed by atoms with Gasteiger partial charge in [0.05, 0.1) is 6.10 Å². The van der Waals surface area contributed by atoms with E-state index >= 15 is 0 Å². The van der Waals surface area contributed by atoms with Crippen molar-refractivity contribution in [3.8, 4) is 0 Å². The van der Waals surface area contributed by atoms with Gasteiger partial charge in [-0.05, 0) is 25.2 Å². The molecule has 0 aliphatic rings. The summed E-state index contributed by atoms with van der Waals surface area (Å²) in [5.74, 6) is -0.277. The first-order valence-corrected chi connectivity index (χ1v) is 6.75. The van der Waals surface area contributed by atoms with Gasteiger partial charge in [0.2, 0.25) is 0 Å². The SMILES string of the molecule is CCCCCCC(C)OC(=O)[C@@H](N)C(C)(C)C. The van der Waals surface area contributed by atoms with Crippen molar-refractivity contribution in [2.24, 2.45) is 11.1 Å². The molecule has 2 N–H and O–H groups in total. The van der Waals surface area contributed by atoms with Gasteiger partial charge in [0.25, 0.3) is 0 Å². The molecule has 0 spiro atoms. The van der Waals surface area contributed by atoms with E-state index in [1.807, 2.05) is 27.7 Å². The zero-order valence-electron chi connectivity index (χ0n) is 12.1. The lowest BCUT2D eigenvalue weighted by molar-refractivity contribution is -0.152. The normalized spacial score (nSPS) is 15.4. The highest BCUT2D eigenvalue weighted by atomic mass is 16.5. The molecule has 0 bridgehead atoms. The highest BCUT2D eigenvalue weighted by Gasteiger charge is 2.29. The summed E-state index contributed by atoms with van der Waals surface area (Å²) >= 11 is 0. The summed E-state index contributed by atoms with van der Waals surface area (Å²) < 4.78 is 5.35. The Morgan fingerprint density at radius 1 is 1.24 bits per heavy atom. The van der Waals surface area contributed by atoms with Crippen LogP contribution in [-0.2, 0) is 9.53 Å². The summed E-state index contributed by atoms with van der Waals surface area (Å²) in [6, 6.07) is -0.541. The summed E-state index contributed by atoms with van der Waals surface area (Å²) in [4.78, 5) is 11.7. The summed E-state index contributed by atoms with van der Waals surface area (Å²) in [6.45, 7) is 9.98. The number of ether oxygens (including phenoxy) is 1. The molecule has 0 amide bonds. The maximum absolute atomic E-state index is 11.7. The maximum Gasteiger partial charge on any atom is 0.323 e. The fraction of sp³-hybridized carbons (Fsp3) is 0.929. The van der Waals surface area contributed by atoms with Crippen LogP contribution in [0, 0.1) is 5.41 Å². The average Bonchev–Trinajstić information content (AvgIpc) is 2.22. The van der Waals surface area contributed by atoms with Crippen LogP contribution in [-0.4, -0.2) is 18.1 Å². The second kappa shape index (κ2) is 7.70. The Kier molecular flexibility index (Phi) is 7.44. The van der Waals surface area contributed by atoms with Gasteiger partial charge in [-0.1, -0.05) is 47.0 Å². The molecule has 0 rings (SSSR count). The molecule has 102 valence electrons. The van der Waals surface area contributed by atoms with Gasteiger partial charge >= 0.3 is 5.97 Å². The van der Waals surface area contributed by atoms with Crippen molar-refractivity contribution in [1.29, 1.82) is 0 Å². The smallest absolute Gasteiger partial charge is 0.323 e. The fourth-order valence-corrected chi connectivity index (χ4v) is 1.54. The minimum absolute atomic E-state index is 0.0206. The Morgan fingerprint density at radius 3 is 2.29 bits per heavy atom. The molecule has 0 aromatic rings. The largest absolute Gasteiger partial charge is 0.462 e. The number of carbonyl (C=O) groups is 1. The maximum atomic E-state index is 11.7. The molecule has 0 saturated carbocycles. The molecule has 0 radical (unpaired) electrons. The number of esters is 1. The third-order valence-corrected chi connectivity index (χ3v) is 2.97. The van der Waals surface area contributed by atoms with E-state index in [1.165, 1.54) is 19.3 Å². The van der Waals surface area contributed by atoms with Crippen molar-refractivity contribution in [3.63, 3.8) is 0 Å². The average molecular weight is 243 g/mol.